The Morgan fingerprint density at radius 3 is 2.69 bits per heavy atom. The Bertz CT molecular complexity index is 1580. The van der Waals surface area contributed by atoms with E-state index in [2.05, 4.69) is 10.1 Å². The molecule has 2 aromatic carbocycles. The van der Waals surface area contributed by atoms with E-state index in [0.29, 0.717) is 44.7 Å². The third-order valence-electron chi connectivity index (χ3n) is 6.09. The lowest BCUT2D eigenvalue weighted by molar-refractivity contribution is -0.764. The Balaban J connectivity index is 1.72. The van der Waals surface area contributed by atoms with Crippen LogP contribution in [0.25, 0.3) is 22.6 Å². The molecule has 11 heteroatoms. The monoisotopic (exact) mass is 504 g/mol. The number of fused-ring (bicyclic) bond motifs is 3. The Hall–Kier alpha value is -4.25. The average Bonchev–Trinajstić information content (AvgIpc) is 3.36. The van der Waals surface area contributed by atoms with Crippen LogP contribution in [0.1, 0.15) is 30.8 Å². The highest BCUT2D eigenvalue weighted by Gasteiger charge is 2.47. The second kappa shape index (κ2) is 9.08. The minimum atomic E-state index is -0.845. The molecular formula is C25H22N5O5S+. The summed E-state index contributed by atoms with van der Waals surface area (Å²) in [6, 6.07) is 15.2. The quantitative estimate of drug-likeness (QED) is 0.187. The molecule has 2 aromatic heterocycles. The van der Waals surface area contributed by atoms with Crippen molar-refractivity contribution in [3.8, 4) is 22.6 Å². The number of furan rings is 1. The van der Waals surface area contributed by atoms with Crippen LogP contribution < -0.4 is 15.1 Å². The summed E-state index contributed by atoms with van der Waals surface area (Å²) in [5, 5.41) is 16.2. The molecule has 0 bridgehead atoms. The molecule has 4 aromatic rings. The third kappa shape index (κ3) is 3.77. The molecule has 0 aliphatic carbocycles. The van der Waals surface area contributed by atoms with Crippen molar-refractivity contribution < 1.29 is 18.8 Å². The summed E-state index contributed by atoms with van der Waals surface area (Å²) in [5.74, 6) is 0.718. The number of nitro benzene ring substituents is 1. The molecule has 0 spiro atoms. The number of aromatic amines is 1. The number of nitrogens with zero attached hydrogens (tertiary/aromatic N) is 4. The fourth-order valence-corrected chi connectivity index (χ4v) is 4.80. The maximum Gasteiger partial charge on any atom is 0.325 e. The molecule has 1 N–H and O–H groups in total. The van der Waals surface area contributed by atoms with E-state index in [4.69, 9.17) is 4.42 Å². The molecule has 1 aliphatic rings. The lowest BCUT2D eigenvalue weighted by atomic mass is 10.0. The van der Waals surface area contributed by atoms with Crippen LogP contribution in [0.3, 0.4) is 0 Å². The van der Waals surface area contributed by atoms with Gasteiger partial charge in [0.25, 0.3) is 5.69 Å². The van der Waals surface area contributed by atoms with Crippen molar-refractivity contribution in [1.82, 2.24) is 10.1 Å². The molecule has 0 radical (unpaired) electrons. The first-order chi connectivity index (χ1) is 17.3. The Kier molecular flexibility index (Phi) is 5.92. The number of thioether (sulfide) groups is 1. The fourth-order valence-electron chi connectivity index (χ4n) is 4.44. The number of hydrogen-bond acceptors (Lipinski definition) is 7. The van der Waals surface area contributed by atoms with Gasteiger partial charge in [-0.15, -0.1) is 0 Å². The van der Waals surface area contributed by atoms with E-state index in [0.717, 1.165) is 0 Å². The van der Waals surface area contributed by atoms with Gasteiger partial charge >= 0.3 is 17.4 Å². The van der Waals surface area contributed by atoms with Gasteiger partial charge in [-0.2, -0.15) is 0 Å². The molecule has 1 aliphatic heterocycles. The Morgan fingerprint density at radius 1 is 1.22 bits per heavy atom. The molecule has 0 unspecified atom stereocenters. The highest BCUT2D eigenvalue weighted by atomic mass is 32.2. The fraction of sp³-hybridized carbons (Fsp3) is 0.200. The standard InChI is InChI=1S/C25H21N5O5S/c1-4-21(31)28-18-8-6-5-7-17(18)22-23(32)26-25(36-3)27-29(22)24(28)20-12-11-19(35-20)16-10-9-15(30(33)34)13-14(16)2/h5-13,24H,4H2,1-3H3/p+1/t24-/m1/s1. The van der Waals surface area contributed by atoms with E-state index >= 15 is 0 Å². The van der Waals surface area contributed by atoms with E-state index in [1.807, 2.05) is 12.1 Å². The number of amides is 1. The summed E-state index contributed by atoms with van der Waals surface area (Å²) in [7, 11) is 0. The summed E-state index contributed by atoms with van der Waals surface area (Å²) >= 11 is 1.28. The normalized spacial score (nSPS) is 14.3. The van der Waals surface area contributed by atoms with Gasteiger partial charge in [-0.1, -0.05) is 30.8 Å². The van der Waals surface area contributed by atoms with Crippen LogP contribution in [0.4, 0.5) is 11.4 Å². The average molecular weight is 505 g/mol. The maximum atomic E-state index is 13.3. The number of H-pyrrole nitrogens is 1. The number of anilines is 1. The number of non-ortho nitro benzene ring substituents is 1. The van der Waals surface area contributed by atoms with Gasteiger partial charge in [0, 0.05) is 29.2 Å². The van der Waals surface area contributed by atoms with Crippen molar-refractivity contribution in [2.75, 3.05) is 11.2 Å². The third-order valence-corrected chi connectivity index (χ3v) is 6.66. The number of nitrogens with one attached hydrogen (secondary N) is 1. The van der Waals surface area contributed by atoms with E-state index in [9.17, 15) is 19.7 Å². The largest absolute Gasteiger partial charge is 0.452 e. The van der Waals surface area contributed by atoms with E-state index < -0.39 is 11.1 Å². The molecule has 0 saturated heterocycles. The first kappa shape index (κ1) is 23.5. The molecule has 36 heavy (non-hydrogen) atoms. The van der Waals surface area contributed by atoms with Crippen molar-refractivity contribution in [3.63, 3.8) is 0 Å². The van der Waals surface area contributed by atoms with E-state index in [1.165, 1.54) is 28.6 Å². The number of para-hydroxylation sites is 1. The van der Waals surface area contributed by atoms with Gasteiger partial charge in [-0.25, -0.2) is 4.90 Å². The molecule has 5 rings (SSSR count). The number of carbonyl (C=O) groups is 1. The number of nitro groups is 1. The lowest BCUT2D eigenvalue weighted by Crippen LogP contribution is -2.60. The van der Waals surface area contributed by atoms with Gasteiger partial charge in [0.2, 0.25) is 11.1 Å². The second-order valence-electron chi connectivity index (χ2n) is 8.22. The summed E-state index contributed by atoms with van der Waals surface area (Å²) in [5.41, 5.74) is 2.52. The molecule has 1 amide bonds. The molecule has 182 valence electrons. The van der Waals surface area contributed by atoms with Gasteiger partial charge in [-0.05, 0) is 53.8 Å². The summed E-state index contributed by atoms with van der Waals surface area (Å²) < 4.78 is 7.79. The van der Waals surface area contributed by atoms with Crippen molar-refractivity contribution in [3.05, 3.63) is 86.4 Å². The van der Waals surface area contributed by atoms with Gasteiger partial charge in [0.1, 0.15) is 5.76 Å². The number of rotatable bonds is 5. The molecule has 10 nitrogen and oxygen atoms in total. The van der Waals surface area contributed by atoms with Crippen LogP contribution in [0.2, 0.25) is 0 Å². The van der Waals surface area contributed by atoms with Crippen LogP contribution in [0, 0.1) is 17.0 Å². The summed E-state index contributed by atoms with van der Waals surface area (Å²) in [6.07, 6.45) is 1.19. The van der Waals surface area contributed by atoms with Crippen LogP contribution >= 0.6 is 11.8 Å². The number of carbonyl (C=O) groups excluding carboxylic acids is 1. The summed E-state index contributed by atoms with van der Waals surface area (Å²) in [4.78, 5) is 41.5. The minimum Gasteiger partial charge on any atom is -0.452 e. The first-order valence-electron chi connectivity index (χ1n) is 11.2. The zero-order chi connectivity index (χ0) is 25.6. The second-order valence-corrected chi connectivity index (χ2v) is 9.02. The smallest absolute Gasteiger partial charge is 0.325 e. The number of aryl methyl sites for hydroxylation is 1. The van der Waals surface area contributed by atoms with Gasteiger partial charge in [0.15, 0.2) is 5.76 Å². The molecule has 1 atom stereocenters. The molecule has 3 heterocycles. The topological polar surface area (TPSA) is 126 Å². The highest BCUT2D eigenvalue weighted by Crippen LogP contribution is 2.39. The predicted molar refractivity (Wildman–Crippen MR) is 134 cm³/mol. The Morgan fingerprint density at radius 2 is 2.00 bits per heavy atom. The maximum absolute atomic E-state index is 13.3. The van der Waals surface area contributed by atoms with Gasteiger partial charge in [-0.3, -0.25) is 24.7 Å². The number of benzene rings is 2. The van der Waals surface area contributed by atoms with Crippen LogP contribution in [0.5, 0.6) is 0 Å². The van der Waals surface area contributed by atoms with E-state index in [-0.39, 0.29) is 23.6 Å². The first-order valence-corrected chi connectivity index (χ1v) is 12.4. The summed E-state index contributed by atoms with van der Waals surface area (Å²) in [6.45, 7) is 3.54. The Labute approximate surface area is 209 Å². The zero-order valence-electron chi connectivity index (χ0n) is 19.7. The van der Waals surface area contributed by atoms with Crippen LogP contribution in [-0.4, -0.2) is 27.2 Å². The highest BCUT2D eigenvalue weighted by molar-refractivity contribution is 7.98. The van der Waals surface area contributed by atoms with Crippen molar-refractivity contribution in [2.45, 2.75) is 31.6 Å². The van der Waals surface area contributed by atoms with Gasteiger partial charge < -0.3 is 4.42 Å². The SMILES string of the molecule is CCC(=O)N1c2ccccc2-c2c(=O)[nH]c(SC)n[n+]2[C@@H]1c1ccc(-c2ccc([N+](=O)[O-])cc2C)o1. The lowest BCUT2D eigenvalue weighted by Gasteiger charge is -2.30. The predicted octanol–water partition coefficient (Wildman–Crippen LogP) is 4.23. The minimum absolute atomic E-state index is 0.0101. The molecule has 0 fully saturated rings. The number of hydrogen-bond donors (Lipinski definition) is 1. The molecule has 0 saturated carbocycles. The van der Waals surface area contributed by atoms with Crippen molar-refractivity contribution in [1.29, 1.82) is 0 Å². The van der Waals surface area contributed by atoms with Crippen molar-refractivity contribution >= 4 is 29.0 Å². The van der Waals surface area contributed by atoms with Crippen LogP contribution in [0.15, 0.2) is 69.0 Å². The van der Waals surface area contributed by atoms with Gasteiger partial charge in [0.05, 0.1) is 16.2 Å². The molecular weight excluding hydrogens is 482 g/mol. The van der Waals surface area contributed by atoms with Crippen molar-refractivity contribution in [2.24, 2.45) is 0 Å². The number of aromatic nitrogens is 3. The van der Waals surface area contributed by atoms with E-state index in [1.54, 1.807) is 55.3 Å². The van der Waals surface area contributed by atoms with Crippen LogP contribution in [-0.2, 0) is 4.79 Å². The zero-order valence-corrected chi connectivity index (χ0v) is 20.5.